The fourth-order valence-electron chi connectivity index (χ4n) is 1.45. The summed E-state index contributed by atoms with van der Waals surface area (Å²) < 4.78 is 31.9. The molecule has 0 amide bonds. The minimum Gasteiger partial charge on any atom is -0.490 e. The molecule has 19 heavy (non-hydrogen) atoms. The van der Waals surface area contributed by atoms with Gasteiger partial charge >= 0.3 is 5.69 Å². The molecule has 0 aromatic heterocycles. The van der Waals surface area contributed by atoms with Crippen LogP contribution in [0.2, 0.25) is 0 Å². The number of nitro groups is 1. The second-order valence-electron chi connectivity index (χ2n) is 4.22. The quantitative estimate of drug-likeness (QED) is 0.613. The molecule has 1 rings (SSSR count). The van der Waals surface area contributed by atoms with Crippen LogP contribution in [0.4, 0.5) is 14.5 Å². The van der Waals surface area contributed by atoms with Gasteiger partial charge in [0.15, 0.2) is 11.6 Å². The van der Waals surface area contributed by atoms with Crippen molar-refractivity contribution in [2.24, 2.45) is 5.92 Å². The molecule has 1 aromatic carbocycles. The molecule has 0 aliphatic carbocycles. The molecule has 1 unspecified atom stereocenters. The fraction of sp³-hybridized carbons (Fsp3) is 0.500. The van der Waals surface area contributed by atoms with Crippen molar-refractivity contribution in [1.82, 2.24) is 5.32 Å². The molecule has 1 atom stereocenters. The van der Waals surface area contributed by atoms with Gasteiger partial charge in [-0.05, 0) is 6.54 Å². The van der Waals surface area contributed by atoms with Crippen LogP contribution in [0.25, 0.3) is 0 Å². The van der Waals surface area contributed by atoms with E-state index in [1.807, 2.05) is 13.8 Å². The van der Waals surface area contributed by atoms with Crippen LogP contribution in [0.5, 0.6) is 5.75 Å². The number of rotatable bonds is 7. The molecule has 0 bridgehead atoms. The highest BCUT2D eigenvalue weighted by Gasteiger charge is 2.19. The summed E-state index contributed by atoms with van der Waals surface area (Å²) in [6, 6.07) is 1.23. The summed E-state index contributed by atoms with van der Waals surface area (Å²) in [7, 11) is 0. The molecule has 5 nitrogen and oxygen atoms in total. The predicted molar refractivity (Wildman–Crippen MR) is 66.2 cm³/mol. The molecule has 0 radical (unpaired) electrons. The molecule has 1 N–H and O–H groups in total. The van der Waals surface area contributed by atoms with Crippen LogP contribution in [0.1, 0.15) is 13.8 Å². The van der Waals surface area contributed by atoms with Crippen LogP contribution in [0.3, 0.4) is 0 Å². The molecule has 0 spiro atoms. The molecule has 7 heteroatoms. The lowest BCUT2D eigenvalue weighted by Gasteiger charge is -2.13. The Morgan fingerprint density at radius 1 is 1.42 bits per heavy atom. The Bertz CT molecular complexity index is 455. The monoisotopic (exact) mass is 274 g/mol. The molecule has 0 aliphatic rings. The van der Waals surface area contributed by atoms with Gasteiger partial charge in [0.2, 0.25) is 5.82 Å². The molecule has 0 fully saturated rings. The van der Waals surface area contributed by atoms with E-state index in [1.165, 1.54) is 0 Å². The van der Waals surface area contributed by atoms with Gasteiger partial charge in [-0.2, -0.15) is 4.39 Å². The zero-order chi connectivity index (χ0) is 14.4. The summed E-state index contributed by atoms with van der Waals surface area (Å²) in [5, 5.41) is 13.5. The maximum atomic E-state index is 13.5. The first-order valence-electron chi connectivity index (χ1n) is 5.92. The van der Waals surface area contributed by atoms with Gasteiger partial charge in [0.05, 0.1) is 17.6 Å². The van der Waals surface area contributed by atoms with E-state index in [0.29, 0.717) is 18.7 Å². The van der Waals surface area contributed by atoms with Crippen molar-refractivity contribution in [3.63, 3.8) is 0 Å². The highest BCUT2D eigenvalue weighted by Crippen LogP contribution is 2.26. The van der Waals surface area contributed by atoms with Crippen molar-refractivity contribution in [2.45, 2.75) is 13.8 Å². The van der Waals surface area contributed by atoms with E-state index in [4.69, 9.17) is 4.74 Å². The van der Waals surface area contributed by atoms with Gasteiger partial charge in [-0.15, -0.1) is 0 Å². The second-order valence-corrected chi connectivity index (χ2v) is 4.22. The number of nitro benzene ring substituents is 1. The van der Waals surface area contributed by atoms with Gasteiger partial charge < -0.3 is 10.1 Å². The minimum atomic E-state index is -1.11. The van der Waals surface area contributed by atoms with E-state index in [-0.39, 0.29) is 18.3 Å². The number of benzene rings is 1. The van der Waals surface area contributed by atoms with E-state index in [1.54, 1.807) is 0 Å². The van der Waals surface area contributed by atoms with Crippen molar-refractivity contribution >= 4 is 5.69 Å². The van der Waals surface area contributed by atoms with Crippen LogP contribution in [0.15, 0.2) is 12.1 Å². The normalized spacial score (nSPS) is 12.2. The lowest BCUT2D eigenvalue weighted by atomic mass is 10.2. The summed E-state index contributed by atoms with van der Waals surface area (Å²) in [5.41, 5.74) is -0.898. The topological polar surface area (TPSA) is 64.4 Å². The first-order valence-corrected chi connectivity index (χ1v) is 5.92. The zero-order valence-electron chi connectivity index (χ0n) is 10.8. The number of ether oxygens (including phenoxy) is 1. The summed E-state index contributed by atoms with van der Waals surface area (Å²) >= 11 is 0. The van der Waals surface area contributed by atoms with E-state index >= 15 is 0 Å². The van der Waals surface area contributed by atoms with Crippen molar-refractivity contribution < 1.29 is 18.4 Å². The summed E-state index contributed by atoms with van der Waals surface area (Å²) in [5.74, 6) is -2.26. The Morgan fingerprint density at radius 3 is 2.68 bits per heavy atom. The zero-order valence-corrected chi connectivity index (χ0v) is 10.8. The van der Waals surface area contributed by atoms with E-state index < -0.39 is 22.2 Å². The Balaban J connectivity index is 2.69. The maximum Gasteiger partial charge on any atom is 0.307 e. The van der Waals surface area contributed by atoms with Crippen molar-refractivity contribution in [2.75, 3.05) is 19.7 Å². The summed E-state index contributed by atoms with van der Waals surface area (Å²) in [4.78, 5) is 9.44. The highest BCUT2D eigenvalue weighted by molar-refractivity contribution is 5.39. The third kappa shape index (κ3) is 4.44. The standard InChI is InChI=1S/C12H16F2N2O3/c1-3-15-6-8(2)7-19-12-5-9(13)11(16(17)18)4-10(12)14/h4-5,8,15H,3,6-7H2,1-2H3. The molecule has 0 aliphatic heterocycles. The predicted octanol–water partition coefficient (Wildman–Crippen LogP) is 2.50. The van der Waals surface area contributed by atoms with Crippen LogP contribution >= 0.6 is 0 Å². The van der Waals surface area contributed by atoms with E-state index in [2.05, 4.69) is 5.32 Å². The third-order valence-electron chi connectivity index (χ3n) is 2.46. The lowest BCUT2D eigenvalue weighted by molar-refractivity contribution is -0.387. The molecular formula is C12H16F2N2O3. The molecule has 0 heterocycles. The highest BCUT2D eigenvalue weighted by atomic mass is 19.1. The Labute approximate surface area is 109 Å². The average Bonchev–Trinajstić information content (AvgIpc) is 2.36. The summed E-state index contributed by atoms with van der Waals surface area (Å²) in [6.07, 6.45) is 0. The van der Waals surface area contributed by atoms with Crippen LogP contribution in [0, 0.1) is 27.7 Å². The van der Waals surface area contributed by atoms with Crippen LogP contribution in [-0.2, 0) is 0 Å². The number of hydrogen-bond acceptors (Lipinski definition) is 4. The summed E-state index contributed by atoms with van der Waals surface area (Å²) in [6.45, 7) is 5.54. The van der Waals surface area contributed by atoms with E-state index in [9.17, 15) is 18.9 Å². The number of nitrogens with zero attached hydrogens (tertiary/aromatic N) is 1. The van der Waals surface area contributed by atoms with Crippen molar-refractivity contribution in [3.8, 4) is 5.75 Å². The molecular weight excluding hydrogens is 258 g/mol. The first kappa shape index (κ1) is 15.3. The van der Waals surface area contributed by atoms with Gasteiger partial charge in [0.1, 0.15) is 0 Å². The second kappa shape index (κ2) is 6.98. The van der Waals surface area contributed by atoms with Gasteiger partial charge in [0, 0.05) is 18.5 Å². The van der Waals surface area contributed by atoms with Gasteiger partial charge in [0.25, 0.3) is 0 Å². The van der Waals surface area contributed by atoms with Gasteiger partial charge in [-0.25, -0.2) is 4.39 Å². The smallest absolute Gasteiger partial charge is 0.307 e. The van der Waals surface area contributed by atoms with Gasteiger partial charge in [-0.1, -0.05) is 13.8 Å². The Kier molecular flexibility index (Phi) is 5.62. The van der Waals surface area contributed by atoms with Crippen molar-refractivity contribution in [3.05, 3.63) is 33.9 Å². The molecule has 1 aromatic rings. The first-order chi connectivity index (χ1) is 8.95. The number of hydrogen-bond donors (Lipinski definition) is 1. The maximum absolute atomic E-state index is 13.5. The number of nitrogens with one attached hydrogen (secondary N) is 1. The van der Waals surface area contributed by atoms with Crippen LogP contribution < -0.4 is 10.1 Å². The minimum absolute atomic E-state index is 0.109. The lowest BCUT2D eigenvalue weighted by Crippen LogP contribution is -2.24. The fourth-order valence-corrected chi connectivity index (χ4v) is 1.45. The van der Waals surface area contributed by atoms with Crippen molar-refractivity contribution in [1.29, 1.82) is 0 Å². The largest absolute Gasteiger partial charge is 0.490 e. The Morgan fingerprint density at radius 2 is 2.11 bits per heavy atom. The SMILES string of the molecule is CCNCC(C)COc1cc(F)c([N+](=O)[O-])cc1F. The van der Waals surface area contributed by atoms with E-state index in [0.717, 1.165) is 6.54 Å². The molecule has 106 valence electrons. The molecule has 0 saturated carbocycles. The Hall–Kier alpha value is -1.76. The average molecular weight is 274 g/mol. The molecule has 0 saturated heterocycles. The van der Waals surface area contributed by atoms with Gasteiger partial charge in [-0.3, -0.25) is 10.1 Å². The van der Waals surface area contributed by atoms with Crippen LogP contribution in [-0.4, -0.2) is 24.6 Å². The third-order valence-corrected chi connectivity index (χ3v) is 2.46. The number of halogens is 2.